The molecular weight excluding hydrogens is 300 g/mol. The zero-order chi connectivity index (χ0) is 16.9. The molecule has 2 aromatic rings. The van der Waals surface area contributed by atoms with Crippen LogP contribution in [0.4, 0.5) is 0 Å². The highest BCUT2D eigenvalue weighted by atomic mass is 16.5. The van der Waals surface area contributed by atoms with E-state index in [4.69, 9.17) is 9.47 Å². The first-order valence-electron chi connectivity index (χ1n) is 6.81. The minimum Gasteiger partial charge on any atom is -0.507 e. The third kappa shape index (κ3) is 1.95. The van der Waals surface area contributed by atoms with E-state index in [-0.39, 0.29) is 45.3 Å². The van der Waals surface area contributed by atoms with E-state index in [1.807, 2.05) is 0 Å². The Bertz CT molecular complexity index is 866. The van der Waals surface area contributed by atoms with Crippen LogP contribution < -0.4 is 9.47 Å². The van der Waals surface area contributed by atoms with Crippen molar-refractivity contribution in [2.24, 2.45) is 0 Å². The van der Waals surface area contributed by atoms with E-state index < -0.39 is 11.6 Å². The zero-order valence-corrected chi connectivity index (χ0v) is 12.8. The van der Waals surface area contributed by atoms with Gasteiger partial charge in [-0.3, -0.25) is 9.59 Å². The van der Waals surface area contributed by atoms with Crippen molar-refractivity contribution in [2.75, 3.05) is 14.2 Å². The van der Waals surface area contributed by atoms with Gasteiger partial charge in [-0.1, -0.05) is 0 Å². The highest BCUT2D eigenvalue weighted by Crippen LogP contribution is 2.43. The molecule has 0 radical (unpaired) electrons. The van der Waals surface area contributed by atoms with E-state index in [9.17, 15) is 19.8 Å². The third-order valence-corrected chi connectivity index (χ3v) is 3.93. The number of rotatable bonds is 2. The fourth-order valence-corrected chi connectivity index (χ4v) is 2.84. The van der Waals surface area contributed by atoms with Crippen LogP contribution in [0.3, 0.4) is 0 Å². The average Bonchev–Trinajstić information content (AvgIpc) is 2.53. The topological polar surface area (TPSA) is 93.1 Å². The Kier molecular flexibility index (Phi) is 3.25. The summed E-state index contributed by atoms with van der Waals surface area (Å²) < 4.78 is 10.1. The molecule has 0 atom stereocenters. The van der Waals surface area contributed by atoms with Gasteiger partial charge in [-0.15, -0.1) is 0 Å². The smallest absolute Gasteiger partial charge is 0.198 e. The monoisotopic (exact) mass is 314 g/mol. The van der Waals surface area contributed by atoms with Crippen LogP contribution in [-0.4, -0.2) is 36.0 Å². The van der Waals surface area contributed by atoms with Gasteiger partial charge in [0.2, 0.25) is 0 Å². The largest absolute Gasteiger partial charge is 0.507 e. The van der Waals surface area contributed by atoms with E-state index in [0.717, 1.165) is 0 Å². The Hall–Kier alpha value is -3.02. The number of carbonyl (C=O) groups excluding carboxylic acids is 2. The van der Waals surface area contributed by atoms with Crippen LogP contribution in [0.15, 0.2) is 18.2 Å². The van der Waals surface area contributed by atoms with Crippen LogP contribution in [0.5, 0.6) is 23.0 Å². The molecular formula is C17H14O6. The van der Waals surface area contributed by atoms with E-state index in [2.05, 4.69) is 0 Å². The maximum atomic E-state index is 12.8. The summed E-state index contributed by atoms with van der Waals surface area (Å²) in [5.41, 5.74) is 0.334. The van der Waals surface area contributed by atoms with Crippen molar-refractivity contribution in [1.29, 1.82) is 0 Å². The molecule has 118 valence electrons. The number of benzene rings is 2. The number of ether oxygens (including phenoxy) is 2. The molecule has 6 nitrogen and oxygen atoms in total. The number of aryl methyl sites for hydroxylation is 1. The molecule has 1 aliphatic rings. The minimum atomic E-state index is -0.566. The molecule has 2 N–H and O–H groups in total. The van der Waals surface area contributed by atoms with E-state index in [0.29, 0.717) is 5.56 Å². The second-order valence-electron chi connectivity index (χ2n) is 5.22. The first-order valence-corrected chi connectivity index (χ1v) is 6.81. The molecule has 23 heavy (non-hydrogen) atoms. The first-order chi connectivity index (χ1) is 10.9. The number of ketones is 2. The van der Waals surface area contributed by atoms with Crippen molar-refractivity contribution >= 4 is 11.6 Å². The zero-order valence-electron chi connectivity index (χ0n) is 12.8. The molecule has 0 unspecified atom stereocenters. The van der Waals surface area contributed by atoms with E-state index in [1.54, 1.807) is 6.92 Å². The molecule has 0 spiro atoms. The van der Waals surface area contributed by atoms with Gasteiger partial charge in [-0.25, -0.2) is 0 Å². The number of methoxy groups -OCH3 is 2. The van der Waals surface area contributed by atoms with Crippen molar-refractivity contribution in [1.82, 2.24) is 0 Å². The summed E-state index contributed by atoms with van der Waals surface area (Å²) >= 11 is 0. The van der Waals surface area contributed by atoms with Crippen LogP contribution in [0.25, 0.3) is 0 Å². The summed E-state index contributed by atoms with van der Waals surface area (Å²) in [6.45, 7) is 1.64. The Balaban J connectivity index is 2.38. The lowest BCUT2D eigenvalue weighted by atomic mass is 9.81. The molecule has 0 bridgehead atoms. The second-order valence-corrected chi connectivity index (χ2v) is 5.22. The number of hydrogen-bond acceptors (Lipinski definition) is 6. The summed E-state index contributed by atoms with van der Waals surface area (Å²) in [5.74, 6) is -1.46. The van der Waals surface area contributed by atoms with Gasteiger partial charge in [0.25, 0.3) is 0 Å². The fourth-order valence-electron chi connectivity index (χ4n) is 2.84. The predicted molar refractivity (Wildman–Crippen MR) is 80.9 cm³/mol. The molecule has 0 aromatic heterocycles. The Morgan fingerprint density at radius 2 is 1.57 bits per heavy atom. The predicted octanol–water partition coefficient (Wildman–Crippen LogP) is 2.20. The lowest BCUT2D eigenvalue weighted by Crippen LogP contribution is -2.22. The van der Waals surface area contributed by atoms with Crippen LogP contribution in [0, 0.1) is 6.92 Å². The summed E-state index contributed by atoms with van der Waals surface area (Å²) in [7, 11) is 2.74. The quantitative estimate of drug-likeness (QED) is 0.753. The molecule has 6 heteroatoms. The van der Waals surface area contributed by atoms with Crippen molar-refractivity contribution in [3.05, 3.63) is 46.0 Å². The molecule has 3 rings (SSSR count). The normalized spacial score (nSPS) is 12.7. The Labute approximate surface area is 131 Å². The molecule has 0 saturated carbocycles. The van der Waals surface area contributed by atoms with Gasteiger partial charge in [0.1, 0.15) is 11.5 Å². The second kappa shape index (κ2) is 5.01. The maximum Gasteiger partial charge on any atom is 0.198 e. The lowest BCUT2D eigenvalue weighted by molar-refractivity contribution is 0.0973. The van der Waals surface area contributed by atoms with E-state index in [1.165, 1.54) is 32.4 Å². The average molecular weight is 314 g/mol. The highest BCUT2D eigenvalue weighted by molar-refractivity contribution is 6.31. The number of phenolic OH excluding ortho intramolecular Hbond substituents is 2. The van der Waals surface area contributed by atoms with Crippen LogP contribution in [-0.2, 0) is 0 Å². The van der Waals surface area contributed by atoms with Gasteiger partial charge in [0.05, 0.1) is 25.3 Å². The molecule has 0 amide bonds. The molecule has 0 aliphatic heterocycles. The van der Waals surface area contributed by atoms with Gasteiger partial charge in [0.15, 0.2) is 23.1 Å². The fraction of sp³-hybridized carbons (Fsp3) is 0.176. The molecule has 2 aromatic carbocycles. The van der Waals surface area contributed by atoms with Crippen molar-refractivity contribution in [2.45, 2.75) is 6.92 Å². The number of aromatic hydroxyl groups is 2. The summed E-state index contributed by atoms with van der Waals surface area (Å²) in [6, 6.07) is 4.12. The van der Waals surface area contributed by atoms with Gasteiger partial charge < -0.3 is 19.7 Å². The SMILES string of the molecule is COc1cc(O)c2c(c1)C(=O)c1c(O)c(OC)cc(C)c1C2=O. The lowest BCUT2D eigenvalue weighted by Gasteiger charge is -2.22. The molecule has 1 aliphatic carbocycles. The minimum absolute atomic E-state index is 0.0118. The summed E-state index contributed by atoms with van der Waals surface area (Å²) in [6.07, 6.45) is 0. The molecule has 0 fully saturated rings. The number of hydrogen-bond donors (Lipinski definition) is 2. The molecule has 0 saturated heterocycles. The van der Waals surface area contributed by atoms with Gasteiger partial charge in [-0.2, -0.15) is 0 Å². The number of fused-ring (bicyclic) bond motifs is 2. The number of carbonyl (C=O) groups is 2. The summed E-state index contributed by atoms with van der Waals surface area (Å²) in [4.78, 5) is 25.5. The van der Waals surface area contributed by atoms with Crippen molar-refractivity contribution in [3.63, 3.8) is 0 Å². The van der Waals surface area contributed by atoms with Crippen molar-refractivity contribution in [3.8, 4) is 23.0 Å². The van der Waals surface area contributed by atoms with E-state index >= 15 is 0 Å². The van der Waals surface area contributed by atoms with Gasteiger partial charge in [0, 0.05) is 17.2 Å². The van der Waals surface area contributed by atoms with Crippen LogP contribution in [0.1, 0.15) is 37.4 Å². The Morgan fingerprint density at radius 3 is 2.17 bits per heavy atom. The van der Waals surface area contributed by atoms with Crippen LogP contribution in [0.2, 0.25) is 0 Å². The highest BCUT2D eigenvalue weighted by Gasteiger charge is 2.37. The van der Waals surface area contributed by atoms with Gasteiger partial charge >= 0.3 is 0 Å². The van der Waals surface area contributed by atoms with Crippen LogP contribution >= 0.6 is 0 Å². The number of phenols is 2. The van der Waals surface area contributed by atoms with Gasteiger partial charge in [-0.05, 0) is 24.6 Å². The first kappa shape index (κ1) is 14.9. The molecule has 0 heterocycles. The summed E-state index contributed by atoms with van der Waals surface area (Å²) in [5, 5.41) is 20.4. The maximum absolute atomic E-state index is 12.8. The van der Waals surface area contributed by atoms with Crippen molar-refractivity contribution < 1.29 is 29.3 Å². The Morgan fingerprint density at radius 1 is 0.870 bits per heavy atom. The standard InChI is InChI=1S/C17H14O6/c1-7-4-11(23-3)16(20)14-12(7)17(21)13-9(15(14)19)5-8(22-2)6-10(13)18/h4-6,18,20H,1-3H3. The third-order valence-electron chi connectivity index (χ3n) is 3.93.